The smallest absolute Gasteiger partial charge is 0.341 e. The lowest BCUT2D eigenvalue weighted by atomic mass is 9.92. The number of fused-ring (bicyclic) bond motifs is 1. The lowest BCUT2D eigenvalue weighted by Crippen LogP contribution is -2.21. The normalized spacial score (nSPS) is 14.6. The number of nitrogens with zero attached hydrogens (tertiary/aromatic N) is 1. The summed E-state index contributed by atoms with van der Waals surface area (Å²) in [6.45, 7) is 1.79. The summed E-state index contributed by atoms with van der Waals surface area (Å²) < 4.78 is 67.9. The number of carbonyl (C=O) groups is 2. The molecule has 198 valence electrons. The topological polar surface area (TPSA) is 71.1 Å². The van der Waals surface area contributed by atoms with Gasteiger partial charge in [-0.3, -0.25) is 14.6 Å². The second-order valence-corrected chi connectivity index (χ2v) is 9.34. The highest BCUT2D eigenvalue weighted by atomic mass is 35.5. The Morgan fingerprint density at radius 3 is 2.49 bits per heavy atom. The Balaban J connectivity index is 1.68. The first-order valence-electron chi connectivity index (χ1n) is 11.5. The number of carbonyl (C=O) groups excluding carboxylic acids is 2. The highest BCUT2D eigenvalue weighted by Gasteiger charge is 2.36. The lowest BCUT2D eigenvalue weighted by molar-refractivity contribution is -0.137. The summed E-state index contributed by atoms with van der Waals surface area (Å²) in [7, 11) is 0. The molecule has 2 heterocycles. The van der Waals surface area contributed by atoms with Gasteiger partial charge in [-0.2, -0.15) is 13.2 Å². The lowest BCUT2D eigenvalue weighted by Gasteiger charge is -2.19. The first-order valence-corrected chi connectivity index (χ1v) is 11.8. The van der Waals surface area contributed by atoms with Crippen LogP contribution in [0.15, 0.2) is 67.0 Å². The van der Waals surface area contributed by atoms with Crippen LogP contribution in [0.5, 0.6) is 0 Å². The van der Waals surface area contributed by atoms with E-state index in [0.717, 1.165) is 17.7 Å². The number of halogens is 6. The molecule has 1 aromatic heterocycles. The zero-order valence-corrected chi connectivity index (χ0v) is 20.7. The van der Waals surface area contributed by atoms with Crippen molar-refractivity contribution in [3.63, 3.8) is 0 Å². The van der Waals surface area contributed by atoms with E-state index in [-0.39, 0.29) is 33.5 Å². The monoisotopic (exact) mass is 557 g/mol. The largest absolute Gasteiger partial charge is 0.416 e. The Bertz CT molecular complexity index is 1660. The first kappa shape index (κ1) is 26.3. The predicted molar refractivity (Wildman–Crippen MR) is 134 cm³/mol. The fourth-order valence-corrected chi connectivity index (χ4v) is 4.76. The van der Waals surface area contributed by atoms with E-state index in [1.165, 1.54) is 18.3 Å². The number of nitrogens with one attached hydrogen (secondary N) is 2. The van der Waals surface area contributed by atoms with Gasteiger partial charge in [0.05, 0.1) is 11.6 Å². The van der Waals surface area contributed by atoms with E-state index >= 15 is 0 Å². The number of aryl methyl sites for hydroxylation is 1. The molecular weight excluding hydrogens is 541 g/mol. The summed E-state index contributed by atoms with van der Waals surface area (Å²) in [6.07, 6.45) is -1.75. The molecule has 0 saturated heterocycles. The van der Waals surface area contributed by atoms with Gasteiger partial charge in [0.15, 0.2) is 0 Å². The molecule has 1 aliphatic heterocycles. The predicted octanol–water partition coefficient (Wildman–Crippen LogP) is 7.09. The van der Waals surface area contributed by atoms with Crippen molar-refractivity contribution in [3.05, 3.63) is 117 Å². The van der Waals surface area contributed by atoms with Crippen LogP contribution in [-0.4, -0.2) is 16.8 Å². The quantitative estimate of drug-likeness (QED) is 0.263. The van der Waals surface area contributed by atoms with Crippen molar-refractivity contribution in [2.45, 2.75) is 19.1 Å². The third kappa shape index (κ3) is 5.07. The van der Waals surface area contributed by atoms with Gasteiger partial charge in [-0.05, 0) is 78.2 Å². The number of alkyl halides is 3. The number of pyridine rings is 1. The number of benzene rings is 3. The van der Waals surface area contributed by atoms with Crippen molar-refractivity contribution < 1.29 is 31.5 Å². The van der Waals surface area contributed by atoms with Gasteiger partial charge in [-0.25, -0.2) is 8.78 Å². The number of hydrogen-bond donors (Lipinski definition) is 2. The van der Waals surface area contributed by atoms with Crippen LogP contribution >= 0.6 is 11.6 Å². The van der Waals surface area contributed by atoms with Gasteiger partial charge in [-0.1, -0.05) is 11.6 Å². The molecule has 11 heteroatoms. The molecule has 0 spiro atoms. The van der Waals surface area contributed by atoms with Crippen molar-refractivity contribution in [1.29, 1.82) is 0 Å². The molecule has 0 unspecified atom stereocenters. The molecular formula is C28H17ClF5N3O2. The number of amides is 2. The number of rotatable bonds is 4. The Morgan fingerprint density at radius 2 is 1.77 bits per heavy atom. The molecule has 0 aliphatic carbocycles. The summed E-state index contributed by atoms with van der Waals surface area (Å²) in [5.74, 6) is -3.45. The Hall–Kier alpha value is -4.31. The molecule has 1 atom stereocenters. The molecule has 0 fully saturated rings. The molecule has 3 aromatic carbocycles. The number of anilines is 1. The van der Waals surface area contributed by atoms with Gasteiger partial charge in [0, 0.05) is 45.4 Å². The average molecular weight is 558 g/mol. The van der Waals surface area contributed by atoms with E-state index in [0.29, 0.717) is 23.3 Å². The van der Waals surface area contributed by atoms with Crippen molar-refractivity contribution in [3.8, 4) is 11.1 Å². The van der Waals surface area contributed by atoms with E-state index in [2.05, 4.69) is 15.6 Å². The van der Waals surface area contributed by atoms with Gasteiger partial charge in [-0.15, -0.1) is 0 Å². The minimum Gasteiger partial charge on any atom is -0.341 e. The van der Waals surface area contributed by atoms with Crippen LogP contribution in [0.4, 0.5) is 27.6 Å². The zero-order chi connectivity index (χ0) is 28.1. The molecule has 4 aromatic rings. The summed E-state index contributed by atoms with van der Waals surface area (Å²) in [4.78, 5) is 30.3. The molecule has 0 radical (unpaired) electrons. The van der Waals surface area contributed by atoms with Crippen LogP contribution in [0, 0.1) is 18.6 Å². The fourth-order valence-electron chi connectivity index (χ4n) is 4.54. The van der Waals surface area contributed by atoms with E-state index in [1.54, 1.807) is 25.3 Å². The van der Waals surface area contributed by atoms with Crippen LogP contribution in [0.3, 0.4) is 0 Å². The molecule has 2 N–H and O–H groups in total. The number of aromatic nitrogens is 1. The van der Waals surface area contributed by atoms with E-state index in [4.69, 9.17) is 11.6 Å². The van der Waals surface area contributed by atoms with Crippen LogP contribution in [0.2, 0.25) is 5.02 Å². The molecule has 5 rings (SSSR count). The van der Waals surface area contributed by atoms with Crippen molar-refractivity contribution in [2.75, 3.05) is 5.32 Å². The summed E-state index contributed by atoms with van der Waals surface area (Å²) >= 11 is 6.31. The Morgan fingerprint density at radius 1 is 1.00 bits per heavy atom. The van der Waals surface area contributed by atoms with Gasteiger partial charge in [0.1, 0.15) is 11.6 Å². The maximum absolute atomic E-state index is 14.1. The average Bonchev–Trinajstić information content (AvgIpc) is 3.21. The van der Waals surface area contributed by atoms with Crippen LogP contribution in [0.1, 0.15) is 49.0 Å². The number of hydrogen-bond acceptors (Lipinski definition) is 3. The molecule has 0 saturated carbocycles. The molecule has 39 heavy (non-hydrogen) atoms. The fraction of sp³-hybridized carbons (Fsp3) is 0.107. The Kier molecular flexibility index (Phi) is 6.59. The highest BCUT2D eigenvalue weighted by molar-refractivity contribution is 6.31. The SMILES string of the molecule is Cc1cnccc1-c1cc(NC(=O)c2cc(F)cc(C(F)(F)F)c2)c2c(c1)C(=O)N[C@@H]2c1cc(F)ccc1Cl. The minimum atomic E-state index is -4.88. The van der Waals surface area contributed by atoms with E-state index in [1.807, 2.05) is 0 Å². The van der Waals surface area contributed by atoms with Crippen LogP contribution < -0.4 is 10.6 Å². The van der Waals surface area contributed by atoms with Crippen LogP contribution in [0.25, 0.3) is 11.1 Å². The second kappa shape index (κ2) is 9.77. The van der Waals surface area contributed by atoms with E-state index < -0.39 is 46.8 Å². The molecule has 1 aliphatic rings. The summed E-state index contributed by atoms with van der Waals surface area (Å²) in [6, 6.07) is 8.90. The first-order chi connectivity index (χ1) is 18.4. The molecule has 0 bridgehead atoms. The van der Waals surface area contributed by atoms with Gasteiger partial charge >= 0.3 is 6.18 Å². The third-order valence-electron chi connectivity index (χ3n) is 6.32. The van der Waals surface area contributed by atoms with Crippen LogP contribution in [-0.2, 0) is 6.18 Å². The summed E-state index contributed by atoms with van der Waals surface area (Å²) in [5.41, 5.74) is 0.622. The van der Waals surface area contributed by atoms with Crippen molar-refractivity contribution in [2.24, 2.45) is 0 Å². The molecule has 5 nitrogen and oxygen atoms in total. The minimum absolute atomic E-state index is 0.0465. The van der Waals surface area contributed by atoms with Crippen molar-refractivity contribution in [1.82, 2.24) is 10.3 Å². The zero-order valence-electron chi connectivity index (χ0n) is 20.0. The Labute approximate surface area is 223 Å². The maximum Gasteiger partial charge on any atom is 0.416 e. The molecule has 2 amide bonds. The third-order valence-corrected chi connectivity index (χ3v) is 6.67. The van der Waals surface area contributed by atoms with Gasteiger partial charge in [0.2, 0.25) is 0 Å². The standard InChI is InChI=1S/C28H17ClF5N3O2/c1-13-12-35-5-4-19(13)14-8-21-24(25(37-27(21)39)20-11-17(30)2-3-22(20)29)23(9-14)36-26(38)15-6-16(28(32,33)34)10-18(31)7-15/h2-12,25H,1H3,(H,36,38)(H,37,39)/t25-/m1/s1. The summed E-state index contributed by atoms with van der Waals surface area (Å²) in [5, 5.41) is 5.40. The van der Waals surface area contributed by atoms with E-state index in [9.17, 15) is 31.5 Å². The second-order valence-electron chi connectivity index (χ2n) is 8.93. The highest BCUT2D eigenvalue weighted by Crippen LogP contribution is 2.42. The van der Waals surface area contributed by atoms with Gasteiger partial charge < -0.3 is 10.6 Å². The maximum atomic E-state index is 14.1. The van der Waals surface area contributed by atoms with Gasteiger partial charge in [0.25, 0.3) is 11.8 Å². The van der Waals surface area contributed by atoms with Crippen molar-refractivity contribution >= 4 is 29.1 Å².